The SMILES string of the molecule is CC1CN=C(NCC2(CS(C)(=O)=O)CC2)N1. The van der Waals surface area contributed by atoms with E-state index in [1.807, 2.05) is 0 Å². The lowest BCUT2D eigenvalue weighted by Crippen LogP contribution is -2.41. The average molecular weight is 245 g/mol. The zero-order valence-corrected chi connectivity index (χ0v) is 10.6. The molecule has 92 valence electrons. The maximum Gasteiger partial charge on any atom is 0.191 e. The third-order valence-corrected chi connectivity index (χ3v) is 4.20. The van der Waals surface area contributed by atoms with Crippen molar-refractivity contribution in [3.63, 3.8) is 0 Å². The van der Waals surface area contributed by atoms with Crippen LogP contribution in [0.3, 0.4) is 0 Å². The molecule has 0 spiro atoms. The first-order valence-corrected chi connectivity index (χ1v) is 7.67. The van der Waals surface area contributed by atoms with Crippen molar-refractivity contribution in [1.82, 2.24) is 10.6 Å². The number of nitrogens with one attached hydrogen (secondary N) is 2. The summed E-state index contributed by atoms with van der Waals surface area (Å²) in [7, 11) is -2.88. The van der Waals surface area contributed by atoms with Crippen molar-refractivity contribution in [2.24, 2.45) is 10.4 Å². The second-order valence-electron chi connectivity index (χ2n) is 5.16. The summed E-state index contributed by atoms with van der Waals surface area (Å²) in [6.07, 6.45) is 3.30. The number of aliphatic imine (C=N–C) groups is 1. The monoisotopic (exact) mass is 245 g/mol. The zero-order chi connectivity index (χ0) is 11.8. The zero-order valence-electron chi connectivity index (χ0n) is 9.78. The summed E-state index contributed by atoms with van der Waals surface area (Å²) in [6.45, 7) is 3.57. The molecule has 1 aliphatic carbocycles. The summed E-state index contributed by atoms with van der Waals surface area (Å²) in [5, 5.41) is 6.42. The third-order valence-electron chi connectivity index (χ3n) is 3.06. The van der Waals surface area contributed by atoms with E-state index in [0.29, 0.717) is 12.6 Å². The predicted molar refractivity (Wildman–Crippen MR) is 64.3 cm³/mol. The van der Waals surface area contributed by atoms with E-state index in [1.165, 1.54) is 6.26 Å². The van der Waals surface area contributed by atoms with E-state index in [9.17, 15) is 8.42 Å². The van der Waals surface area contributed by atoms with Gasteiger partial charge in [-0.1, -0.05) is 0 Å². The molecule has 1 fully saturated rings. The summed E-state index contributed by atoms with van der Waals surface area (Å²) >= 11 is 0. The molecule has 1 saturated carbocycles. The maximum absolute atomic E-state index is 11.3. The van der Waals surface area contributed by atoms with E-state index in [-0.39, 0.29) is 11.2 Å². The summed E-state index contributed by atoms with van der Waals surface area (Å²) in [4.78, 5) is 4.29. The Morgan fingerprint density at radius 3 is 2.69 bits per heavy atom. The molecular formula is C10H19N3O2S. The maximum atomic E-state index is 11.3. The highest BCUT2D eigenvalue weighted by Crippen LogP contribution is 2.45. The van der Waals surface area contributed by atoms with Crippen molar-refractivity contribution in [1.29, 1.82) is 0 Å². The minimum atomic E-state index is -2.88. The number of nitrogens with zero attached hydrogens (tertiary/aromatic N) is 1. The summed E-state index contributed by atoms with van der Waals surface area (Å²) in [5.74, 6) is 1.10. The molecule has 2 rings (SSSR count). The minimum Gasteiger partial charge on any atom is -0.356 e. The largest absolute Gasteiger partial charge is 0.356 e. The van der Waals surface area contributed by atoms with Gasteiger partial charge in [0, 0.05) is 24.3 Å². The van der Waals surface area contributed by atoms with Crippen molar-refractivity contribution >= 4 is 15.8 Å². The summed E-state index contributed by atoms with van der Waals surface area (Å²) < 4.78 is 22.5. The molecule has 1 aliphatic heterocycles. The van der Waals surface area contributed by atoms with Crippen LogP contribution in [0.2, 0.25) is 0 Å². The Labute approximate surface area is 96.6 Å². The van der Waals surface area contributed by atoms with Crippen molar-refractivity contribution in [3.8, 4) is 0 Å². The highest BCUT2D eigenvalue weighted by atomic mass is 32.2. The fourth-order valence-corrected chi connectivity index (χ4v) is 3.54. The smallest absolute Gasteiger partial charge is 0.191 e. The summed E-state index contributed by atoms with van der Waals surface area (Å²) in [6, 6.07) is 0.382. The molecule has 2 aliphatic rings. The van der Waals surface area contributed by atoms with Gasteiger partial charge in [0.05, 0.1) is 12.3 Å². The number of rotatable bonds is 4. The second kappa shape index (κ2) is 3.91. The highest BCUT2D eigenvalue weighted by Gasteiger charge is 2.45. The van der Waals surface area contributed by atoms with Gasteiger partial charge < -0.3 is 10.6 Å². The van der Waals surface area contributed by atoms with Crippen LogP contribution >= 0.6 is 0 Å². The molecule has 1 unspecified atom stereocenters. The van der Waals surface area contributed by atoms with Gasteiger partial charge in [-0.3, -0.25) is 4.99 Å². The van der Waals surface area contributed by atoms with Crippen molar-refractivity contribution in [3.05, 3.63) is 0 Å². The standard InChI is InChI=1S/C10H19N3O2S/c1-8-5-11-9(13-8)12-6-10(3-4-10)7-16(2,14)15/h8H,3-7H2,1-2H3,(H2,11,12,13). The van der Waals surface area contributed by atoms with Gasteiger partial charge in [0.25, 0.3) is 0 Å². The van der Waals surface area contributed by atoms with Crippen LogP contribution in [0.15, 0.2) is 4.99 Å². The van der Waals surface area contributed by atoms with Gasteiger partial charge in [-0.2, -0.15) is 0 Å². The summed E-state index contributed by atoms with van der Waals surface area (Å²) in [5.41, 5.74) is -0.0381. The molecule has 5 nitrogen and oxygen atoms in total. The van der Waals surface area contributed by atoms with Crippen molar-refractivity contribution in [2.45, 2.75) is 25.8 Å². The molecule has 0 amide bonds. The molecule has 0 radical (unpaired) electrons. The van der Waals surface area contributed by atoms with Gasteiger partial charge in [0.2, 0.25) is 0 Å². The number of sulfone groups is 1. The van der Waals surface area contributed by atoms with E-state index in [1.54, 1.807) is 0 Å². The fourth-order valence-electron chi connectivity index (χ4n) is 2.04. The van der Waals surface area contributed by atoms with Crippen LogP contribution in [0.5, 0.6) is 0 Å². The quantitative estimate of drug-likeness (QED) is 0.716. The Bertz CT molecular complexity index is 398. The van der Waals surface area contributed by atoms with Crippen molar-refractivity contribution < 1.29 is 8.42 Å². The lowest BCUT2D eigenvalue weighted by atomic mass is 10.1. The second-order valence-corrected chi connectivity index (χ2v) is 7.30. The van der Waals surface area contributed by atoms with Crippen LogP contribution in [0.1, 0.15) is 19.8 Å². The van der Waals surface area contributed by atoms with Crippen LogP contribution in [-0.4, -0.2) is 45.5 Å². The molecule has 0 aromatic carbocycles. The average Bonchev–Trinajstić information content (AvgIpc) is 2.75. The van der Waals surface area contributed by atoms with E-state index < -0.39 is 9.84 Å². The van der Waals surface area contributed by atoms with Crippen LogP contribution in [0.25, 0.3) is 0 Å². The molecular weight excluding hydrogens is 226 g/mol. The molecule has 0 aromatic heterocycles. The van der Waals surface area contributed by atoms with Crippen LogP contribution in [0, 0.1) is 5.41 Å². The Morgan fingerprint density at radius 2 is 2.25 bits per heavy atom. The third kappa shape index (κ3) is 3.10. The van der Waals surface area contributed by atoms with Crippen molar-refractivity contribution in [2.75, 3.05) is 25.1 Å². The Morgan fingerprint density at radius 1 is 1.56 bits per heavy atom. The molecule has 0 aromatic rings. The first-order chi connectivity index (χ1) is 7.39. The molecule has 6 heteroatoms. The van der Waals surface area contributed by atoms with Gasteiger partial charge in [0.15, 0.2) is 5.96 Å². The first-order valence-electron chi connectivity index (χ1n) is 5.61. The first kappa shape index (κ1) is 11.7. The van der Waals surface area contributed by atoms with Gasteiger partial charge >= 0.3 is 0 Å². The van der Waals surface area contributed by atoms with Crippen LogP contribution < -0.4 is 10.6 Å². The van der Waals surface area contributed by atoms with Gasteiger partial charge in [0.1, 0.15) is 9.84 Å². The van der Waals surface area contributed by atoms with Crippen LogP contribution in [-0.2, 0) is 9.84 Å². The molecule has 0 saturated heterocycles. The van der Waals surface area contributed by atoms with Gasteiger partial charge in [-0.15, -0.1) is 0 Å². The molecule has 1 heterocycles. The van der Waals surface area contributed by atoms with Crippen LogP contribution in [0.4, 0.5) is 0 Å². The molecule has 1 atom stereocenters. The number of hydrogen-bond donors (Lipinski definition) is 2. The minimum absolute atomic E-state index is 0.0381. The fraction of sp³-hybridized carbons (Fsp3) is 0.900. The van der Waals surface area contributed by atoms with Gasteiger partial charge in [-0.05, 0) is 19.8 Å². The lowest BCUT2D eigenvalue weighted by molar-refractivity contribution is 0.530. The molecule has 2 N–H and O–H groups in total. The Hall–Kier alpha value is -0.780. The lowest BCUT2D eigenvalue weighted by Gasteiger charge is -2.16. The molecule has 16 heavy (non-hydrogen) atoms. The predicted octanol–water partition coefficient (Wildman–Crippen LogP) is -0.251. The normalized spacial score (nSPS) is 27.1. The Kier molecular flexibility index (Phi) is 2.86. The van der Waals surface area contributed by atoms with E-state index in [4.69, 9.17) is 0 Å². The number of guanidine groups is 1. The number of hydrogen-bond acceptors (Lipinski definition) is 5. The van der Waals surface area contributed by atoms with E-state index in [2.05, 4.69) is 22.5 Å². The van der Waals surface area contributed by atoms with E-state index >= 15 is 0 Å². The highest BCUT2D eigenvalue weighted by molar-refractivity contribution is 7.90. The topological polar surface area (TPSA) is 70.6 Å². The van der Waals surface area contributed by atoms with E-state index in [0.717, 1.165) is 25.3 Å². The molecule has 0 bridgehead atoms. The van der Waals surface area contributed by atoms with Gasteiger partial charge in [-0.25, -0.2) is 8.42 Å². The Balaban J connectivity index is 1.82.